The van der Waals surface area contributed by atoms with Crippen LogP contribution in [0.25, 0.3) is 11.0 Å². The zero-order valence-corrected chi connectivity index (χ0v) is 16.4. The lowest BCUT2D eigenvalue weighted by Gasteiger charge is -2.19. The van der Waals surface area contributed by atoms with E-state index in [1.165, 1.54) is 0 Å². The average molecular weight is 367 g/mol. The van der Waals surface area contributed by atoms with Gasteiger partial charge in [-0.3, -0.25) is 9.59 Å². The normalized spacial score (nSPS) is 17.3. The molecule has 2 aromatic heterocycles. The SMILES string of the molecule is CCc1cc(C(=O)NCC2C(=O)N=C(C)C=C2C)c2cnn(C(C)C)c2n1. The molecule has 0 aliphatic carbocycles. The van der Waals surface area contributed by atoms with E-state index in [4.69, 9.17) is 0 Å². The summed E-state index contributed by atoms with van der Waals surface area (Å²) in [5, 5.41) is 8.00. The van der Waals surface area contributed by atoms with Crippen LogP contribution < -0.4 is 5.32 Å². The minimum absolute atomic E-state index is 0.145. The average Bonchev–Trinajstić information content (AvgIpc) is 3.03. The third-order valence-electron chi connectivity index (χ3n) is 4.75. The van der Waals surface area contributed by atoms with E-state index in [1.54, 1.807) is 19.2 Å². The summed E-state index contributed by atoms with van der Waals surface area (Å²) in [7, 11) is 0. The Labute approximate surface area is 158 Å². The van der Waals surface area contributed by atoms with Crippen molar-refractivity contribution in [3.8, 4) is 0 Å². The van der Waals surface area contributed by atoms with E-state index in [0.717, 1.165) is 23.1 Å². The molecule has 142 valence electrons. The van der Waals surface area contributed by atoms with Crippen LogP contribution >= 0.6 is 0 Å². The number of carbonyl (C=O) groups excluding carboxylic acids is 2. The number of nitrogens with zero attached hydrogens (tertiary/aromatic N) is 4. The van der Waals surface area contributed by atoms with E-state index in [1.807, 2.05) is 38.5 Å². The molecule has 3 heterocycles. The third-order valence-corrected chi connectivity index (χ3v) is 4.75. The second-order valence-electron chi connectivity index (χ2n) is 7.18. The number of pyridine rings is 1. The minimum atomic E-state index is -0.418. The molecule has 0 saturated heterocycles. The molecule has 0 spiro atoms. The first-order chi connectivity index (χ1) is 12.8. The van der Waals surface area contributed by atoms with Gasteiger partial charge in [-0.25, -0.2) is 14.7 Å². The van der Waals surface area contributed by atoms with Crippen molar-refractivity contribution in [1.82, 2.24) is 20.1 Å². The first-order valence-electron chi connectivity index (χ1n) is 9.24. The molecule has 7 nitrogen and oxygen atoms in total. The van der Waals surface area contributed by atoms with Gasteiger partial charge >= 0.3 is 0 Å². The second kappa shape index (κ2) is 7.42. The second-order valence-corrected chi connectivity index (χ2v) is 7.18. The number of amides is 2. The highest BCUT2D eigenvalue weighted by molar-refractivity contribution is 6.07. The zero-order valence-electron chi connectivity index (χ0n) is 16.4. The Hall–Kier alpha value is -2.83. The Bertz CT molecular complexity index is 968. The highest BCUT2D eigenvalue weighted by Gasteiger charge is 2.25. The number of hydrogen-bond acceptors (Lipinski definition) is 4. The predicted molar refractivity (Wildman–Crippen MR) is 105 cm³/mol. The molecule has 2 amide bonds. The fourth-order valence-corrected chi connectivity index (χ4v) is 3.26. The largest absolute Gasteiger partial charge is 0.351 e. The lowest BCUT2D eigenvalue weighted by molar-refractivity contribution is -0.120. The highest BCUT2D eigenvalue weighted by atomic mass is 16.2. The Morgan fingerprint density at radius 2 is 2.07 bits per heavy atom. The molecule has 0 radical (unpaired) electrons. The summed E-state index contributed by atoms with van der Waals surface area (Å²) in [4.78, 5) is 33.7. The summed E-state index contributed by atoms with van der Waals surface area (Å²) < 4.78 is 1.82. The van der Waals surface area contributed by atoms with Gasteiger partial charge in [0.15, 0.2) is 5.65 Å². The van der Waals surface area contributed by atoms with Crippen LogP contribution in [0.15, 0.2) is 28.9 Å². The van der Waals surface area contributed by atoms with Gasteiger partial charge in [-0.15, -0.1) is 0 Å². The number of nitrogens with one attached hydrogen (secondary N) is 1. The van der Waals surface area contributed by atoms with Gasteiger partial charge in [-0.1, -0.05) is 12.5 Å². The van der Waals surface area contributed by atoms with Crippen LogP contribution in [-0.4, -0.2) is 38.8 Å². The molecule has 27 heavy (non-hydrogen) atoms. The number of dihydropyridines is 1. The minimum Gasteiger partial charge on any atom is -0.351 e. The summed E-state index contributed by atoms with van der Waals surface area (Å²) in [6.07, 6.45) is 4.28. The van der Waals surface area contributed by atoms with Crippen molar-refractivity contribution in [2.24, 2.45) is 10.9 Å². The molecule has 3 rings (SSSR count). The Kier molecular flexibility index (Phi) is 5.21. The van der Waals surface area contributed by atoms with E-state index >= 15 is 0 Å². The van der Waals surface area contributed by atoms with Gasteiger partial charge < -0.3 is 5.32 Å². The number of allylic oxidation sites excluding steroid dienone is 1. The standard InChI is InChI=1S/C20H25N5O2/c1-6-14-8-15(17-10-22-25(11(2)3)18(17)24-14)19(26)21-9-16-12(4)7-13(5)23-20(16)27/h7-8,10-11,16H,6,9H2,1-5H3,(H,21,26). The van der Waals surface area contributed by atoms with Crippen molar-refractivity contribution in [3.63, 3.8) is 0 Å². The third kappa shape index (κ3) is 3.67. The smallest absolute Gasteiger partial charge is 0.254 e. The van der Waals surface area contributed by atoms with E-state index in [9.17, 15) is 9.59 Å². The van der Waals surface area contributed by atoms with Crippen molar-refractivity contribution >= 4 is 28.6 Å². The summed E-state index contributed by atoms with van der Waals surface area (Å²) in [6.45, 7) is 9.96. The van der Waals surface area contributed by atoms with Crippen LogP contribution in [0.4, 0.5) is 0 Å². The van der Waals surface area contributed by atoms with Crippen LogP contribution in [0.5, 0.6) is 0 Å². The summed E-state index contributed by atoms with van der Waals surface area (Å²) >= 11 is 0. The number of aliphatic imine (C=N–C) groups is 1. The zero-order chi connectivity index (χ0) is 19.7. The van der Waals surface area contributed by atoms with Crippen molar-refractivity contribution in [1.29, 1.82) is 0 Å². The van der Waals surface area contributed by atoms with Gasteiger partial charge in [0.1, 0.15) is 0 Å². The Morgan fingerprint density at radius 1 is 1.33 bits per heavy atom. The molecular formula is C20H25N5O2. The quantitative estimate of drug-likeness (QED) is 0.880. The molecule has 1 atom stereocenters. The topological polar surface area (TPSA) is 89.2 Å². The molecule has 1 aliphatic rings. The molecule has 0 saturated carbocycles. The Morgan fingerprint density at radius 3 is 2.70 bits per heavy atom. The maximum atomic E-state index is 12.9. The van der Waals surface area contributed by atoms with E-state index in [0.29, 0.717) is 16.9 Å². The maximum Gasteiger partial charge on any atom is 0.254 e. The van der Waals surface area contributed by atoms with Gasteiger partial charge in [0.2, 0.25) is 0 Å². The molecular weight excluding hydrogens is 342 g/mol. The lowest BCUT2D eigenvalue weighted by atomic mass is 9.95. The number of aromatic nitrogens is 3. The van der Waals surface area contributed by atoms with Crippen LogP contribution in [0, 0.1) is 5.92 Å². The van der Waals surface area contributed by atoms with Crippen LogP contribution in [-0.2, 0) is 11.2 Å². The van der Waals surface area contributed by atoms with Crippen LogP contribution in [0.3, 0.4) is 0 Å². The molecule has 7 heteroatoms. The number of rotatable bonds is 5. The Balaban J connectivity index is 1.88. The molecule has 1 N–H and O–H groups in total. The van der Waals surface area contributed by atoms with E-state index in [2.05, 4.69) is 20.4 Å². The van der Waals surface area contributed by atoms with Gasteiger partial charge in [0, 0.05) is 24.0 Å². The number of fused-ring (bicyclic) bond motifs is 1. The fraction of sp³-hybridized carbons (Fsp3) is 0.450. The monoisotopic (exact) mass is 367 g/mol. The summed E-state index contributed by atoms with van der Waals surface area (Å²) in [5.41, 5.74) is 3.69. The van der Waals surface area contributed by atoms with Crippen molar-refractivity contribution in [2.45, 2.75) is 47.1 Å². The first kappa shape index (κ1) is 18.9. The molecule has 1 aliphatic heterocycles. The lowest BCUT2D eigenvalue weighted by Crippen LogP contribution is -2.34. The van der Waals surface area contributed by atoms with Crippen molar-refractivity contribution < 1.29 is 9.59 Å². The van der Waals surface area contributed by atoms with Crippen LogP contribution in [0.1, 0.15) is 56.7 Å². The molecule has 0 fully saturated rings. The van der Waals surface area contributed by atoms with E-state index < -0.39 is 5.92 Å². The number of aryl methyl sites for hydroxylation is 1. The summed E-state index contributed by atoms with van der Waals surface area (Å²) in [6, 6.07) is 1.95. The molecule has 1 unspecified atom stereocenters. The molecule has 0 bridgehead atoms. The number of carbonyl (C=O) groups is 2. The van der Waals surface area contributed by atoms with Crippen molar-refractivity contribution in [3.05, 3.63) is 35.2 Å². The van der Waals surface area contributed by atoms with E-state index in [-0.39, 0.29) is 24.4 Å². The number of hydrogen-bond donors (Lipinski definition) is 1. The first-order valence-corrected chi connectivity index (χ1v) is 9.24. The van der Waals surface area contributed by atoms with Gasteiger partial charge in [-0.05, 0) is 46.3 Å². The van der Waals surface area contributed by atoms with Crippen LogP contribution in [0.2, 0.25) is 0 Å². The maximum absolute atomic E-state index is 12.9. The van der Waals surface area contributed by atoms with Gasteiger partial charge in [0.25, 0.3) is 11.8 Å². The molecule has 2 aromatic rings. The predicted octanol–water partition coefficient (Wildman–Crippen LogP) is 2.87. The van der Waals surface area contributed by atoms with Crippen molar-refractivity contribution in [2.75, 3.05) is 6.54 Å². The van der Waals surface area contributed by atoms with Gasteiger partial charge in [0.05, 0.1) is 23.1 Å². The highest BCUT2D eigenvalue weighted by Crippen LogP contribution is 2.22. The fourth-order valence-electron chi connectivity index (χ4n) is 3.26. The summed E-state index contributed by atoms with van der Waals surface area (Å²) in [5.74, 6) is -0.860. The van der Waals surface area contributed by atoms with Gasteiger partial charge in [-0.2, -0.15) is 5.10 Å². The molecule has 0 aromatic carbocycles.